The van der Waals surface area contributed by atoms with E-state index in [2.05, 4.69) is 27.4 Å². The minimum absolute atomic E-state index is 0.0774. The van der Waals surface area contributed by atoms with Crippen LogP contribution in [0.3, 0.4) is 0 Å². The molecule has 5 heteroatoms. The number of nitrogens with zero attached hydrogens (tertiary/aromatic N) is 2. The van der Waals surface area contributed by atoms with Gasteiger partial charge in [0.15, 0.2) is 0 Å². The highest BCUT2D eigenvalue weighted by Crippen LogP contribution is 2.09. The predicted molar refractivity (Wildman–Crippen MR) is 93.6 cm³/mol. The van der Waals surface area contributed by atoms with Gasteiger partial charge in [0.1, 0.15) is 11.9 Å². The molecule has 2 atom stereocenters. The number of benzene rings is 1. The summed E-state index contributed by atoms with van der Waals surface area (Å²) in [6.45, 7) is 4.39. The summed E-state index contributed by atoms with van der Waals surface area (Å²) in [7, 11) is 0. The van der Waals surface area contributed by atoms with Crippen LogP contribution in [0.1, 0.15) is 37.2 Å². The van der Waals surface area contributed by atoms with Crippen LogP contribution in [0.25, 0.3) is 0 Å². The SMILES string of the molecule is CC[C@H](C)[C@H](NCc1cnc(CCc2ccccc2)nc1)C(=O)O. The van der Waals surface area contributed by atoms with Crippen molar-refractivity contribution >= 4 is 5.97 Å². The van der Waals surface area contributed by atoms with Crippen molar-refractivity contribution in [2.24, 2.45) is 5.92 Å². The normalized spacial score (nSPS) is 13.4. The summed E-state index contributed by atoms with van der Waals surface area (Å²) in [5.74, 6) is 0.0672. The number of aryl methyl sites for hydroxylation is 2. The minimum Gasteiger partial charge on any atom is -0.480 e. The molecule has 0 aliphatic rings. The van der Waals surface area contributed by atoms with E-state index in [0.717, 1.165) is 30.7 Å². The van der Waals surface area contributed by atoms with Crippen LogP contribution in [0.4, 0.5) is 0 Å². The lowest BCUT2D eigenvalue weighted by Crippen LogP contribution is -2.41. The second kappa shape index (κ2) is 9.13. The molecule has 1 heterocycles. The van der Waals surface area contributed by atoms with Gasteiger partial charge in [-0.05, 0) is 17.9 Å². The molecule has 0 amide bonds. The number of carboxylic acids is 1. The summed E-state index contributed by atoms with van der Waals surface area (Å²) in [4.78, 5) is 20.1. The largest absolute Gasteiger partial charge is 0.480 e. The Morgan fingerprint density at radius 1 is 1.12 bits per heavy atom. The van der Waals surface area contributed by atoms with Crippen LogP contribution in [0.15, 0.2) is 42.7 Å². The zero-order valence-electron chi connectivity index (χ0n) is 14.3. The van der Waals surface area contributed by atoms with E-state index in [0.29, 0.717) is 6.54 Å². The van der Waals surface area contributed by atoms with Crippen molar-refractivity contribution in [3.05, 3.63) is 59.7 Å². The van der Waals surface area contributed by atoms with Gasteiger partial charge in [-0.3, -0.25) is 10.1 Å². The van der Waals surface area contributed by atoms with Crippen molar-refractivity contribution in [2.45, 2.75) is 45.7 Å². The molecular weight excluding hydrogens is 302 g/mol. The van der Waals surface area contributed by atoms with Crippen molar-refractivity contribution in [3.63, 3.8) is 0 Å². The third kappa shape index (κ3) is 5.42. The molecule has 24 heavy (non-hydrogen) atoms. The van der Waals surface area contributed by atoms with Crippen LogP contribution < -0.4 is 5.32 Å². The summed E-state index contributed by atoms with van der Waals surface area (Å²) < 4.78 is 0. The summed E-state index contributed by atoms with van der Waals surface area (Å²) in [5.41, 5.74) is 2.16. The van der Waals surface area contributed by atoms with Crippen LogP contribution in [0.2, 0.25) is 0 Å². The molecule has 0 saturated heterocycles. The molecule has 0 unspecified atom stereocenters. The van der Waals surface area contributed by atoms with Gasteiger partial charge in [0.25, 0.3) is 0 Å². The lowest BCUT2D eigenvalue weighted by molar-refractivity contribution is -0.140. The van der Waals surface area contributed by atoms with E-state index in [1.807, 2.05) is 32.0 Å². The van der Waals surface area contributed by atoms with Gasteiger partial charge in [-0.25, -0.2) is 9.97 Å². The van der Waals surface area contributed by atoms with E-state index in [-0.39, 0.29) is 5.92 Å². The quantitative estimate of drug-likeness (QED) is 0.741. The van der Waals surface area contributed by atoms with Crippen LogP contribution in [-0.4, -0.2) is 27.1 Å². The highest BCUT2D eigenvalue weighted by molar-refractivity contribution is 5.73. The molecule has 128 valence electrons. The Kier molecular flexibility index (Phi) is 6.88. The van der Waals surface area contributed by atoms with E-state index < -0.39 is 12.0 Å². The average Bonchev–Trinajstić information content (AvgIpc) is 2.61. The number of aromatic nitrogens is 2. The minimum atomic E-state index is -0.815. The van der Waals surface area contributed by atoms with Crippen LogP contribution in [0.5, 0.6) is 0 Å². The van der Waals surface area contributed by atoms with Crippen molar-refractivity contribution in [1.29, 1.82) is 0 Å². The lowest BCUT2D eigenvalue weighted by atomic mass is 9.99. The zero-order valence-corrected chi connectivity index (χ0v) is 14.3. The third-order valence-corrected chi connectivity index (χ3v) is 4.24. The fourth-order valence-corrected chi connectivity index (χ4v) is 2.50. The maximum absolute atomic E-state index is 11.3. The van der Waals surface area contributed by atoms with E-state index >= 15 is 0 Å². The van der Waals surface area contributed by atoms with Gasteiger partial charge in [-0.1, -0.05) is 50.6 Å². The smallest absolute Gasteiger partial charge is 0.320 e. The van der Waals surface area contributed by atoms with Gasteiger partial charge in [-0.15, -0.1) is 0 Å². The van der Waals surface area contributed by atoms with Crippen LogP contribution >= 0.6 is 0 Å². The monoisotopic (exact) mass is 327 g/mol. The molecule has 5 nitrogen and oxygen atoms in total. The maximum atomic E-state index is 11.3. The summed E-state index contributed by atoms with van der Waals surface area (Å²) in [6.07, 6.45) is 6.07. The number of carbonyl (C=O) groups is 1. The van der Waals surface area contributed by atoms with E-state index in [9.17, 15) is 9.90 Å². The van der Waals surface area contributed by atoms with Gasteiger partial charge >= 0.3 is 5.97 Å². The molecule has 2 rings (SSSR count). The molecular formula is C19H25N3O2. The maximum Gasteiger partial charge on any atom is 0.320 e. The second-order valence-corrected chi connectivity index (χ2v) is 6.08. The second-order valence-electron chi connectivity index (χ2n) is 6.08. The first kappa shape index (κ1) is 18.1. The Balaban J connectivity index is 1.86. The average molecular weight is 327 g/mol. The molecule has 1 aromatic heterocycles. The molecule has 0 fully saturated rings. The number of rotatable bonds is 9. The van der Waals surface area contributed by atoms with E-state index in [1.165, 1.54) is 5.56 Å². The third-order valence-electron chi connectivity index (χ3n) is 4.24. The fraction of sp³-hybridized carbons (Fsp3) is 0.421. The molecule has 0 spiro atoms. The Labute approximate surface area is 143 Å². The number of hydrogen-bond acceptors (Lipinski definition) is 4. The lowest BCUT2D eigenvalue weighted by Gasteiger charge is -2.20. The van der Waals surface area contributed by atoms with E-state index in [4.69, 9.17) is 0 Å². The highest BCUT2D eigenvalue weighted by atomic mass is 16.4. The van der Waals surface area contributed by atoms with Crippen molar-refractivity contribution in [3.8, 4) is 0 Å². The predicted octanol–water partition coefficient (Wildman–Crippen LogP) is 2.85. The topological polar surface area (TPSA) is 75.1 Å². The first-order chi connectivity index (χ1) is 11.6. The van der Waals surface area contributed by atoms with Crippen molar-refractivity contribution in [2.75, 3.05) is 0 Å². The number of aliphatic carboxylic acids is 1. The Hall–Kier alpha value is -2.27. The molecule has 2 aromatic rings. The Morgan fingerprint density at radius 3 is 2.38 bits per heavy atom. The van der Waals surface area contributed by atoms with Gasteiger partial charge in [0, 0.05) is 30.9 Å². The van der Waals surface area contributed by atoms with Crippen LogP contribution in [-0.2, 0) is 24.2 Å². The molecule has 0 saturated carbocycles. The number of hydrogen-bond donors (Lipinski definition) is 2. The van der Waals surface area contributed by atoms with Gasteiger partial charge in [-0.2, -0.15) is 0 Å². The number of carboxylic acid groups (broad SMARTS) is 1. The first-order valence-electron chi connectivity index (χ1n) is 8.40. The fourth-order valence-electron chi connectivity index (χ4n) is 2.50. The molecule has 0 bridgehead atoms. The van der Waals surface area contributed by atoms with Crippen LogP contribution in [0, 0.1) is 5.92 Å². The first-order valence-corrected chi connectivity index (χ1v) is 8.40. The summed E-state index contributed by atoms with van der Waals surface area (Å²) in [5, 5.41) is 12.4. The Morgan fingerprint density at radius 2 is 1.79 bits per heavy atom. The van der Waals surface area contributed by atoms with Crippen molar-refractivity contribution in [1.82, 2.24) is 15.3 Å². The van der Waals surface area contributed by atoms with Gasteiger partial charge < -0.3 is 5.11 Å². The number of nitrogens with one attached hydrogen (secondary N) is 1. The highest BCUT2D eigenvalue weighted by Gasteiger charge is 2.22. The zero-order chi connectivity index (χ0) is 17.4. The van der Waals surface area contributed by atoms with Crippen molar-refractivity contribution < 1.29 is 9.90 Å². The molecule has 1 aromatic carbocycles. The van der Waals surface area contributed by atoms with E-state index in [1.54, 1.807) is 12.4 Å². The summed E-state index contributed by atoms with van der Waals surface area (Å²) >= 11 is 0. The molecule has 2 N–H and O–H groups in total. The molecule has 0 aliphatic carbocycles. The Bertz CT molecular complexity index is 629. The molecule has 0 radical (unpaired) electrons. The molecule has 0 aliphatic heterocycles. The standard InChI is InChI=1S/C19H25N3O2/c1-3-14(2)18(19(23)24)22-13-16-11-20-17(21-12-16)10-9-15-7-5-4-6-8-15/h4-8,11-12,14,18,22H,3,9-10,13H2,1-2H3,(H,23,24)/t14-,18-/m0/s1. The summed E-state index contributed by atoms with van der Waals surface area (Å²) in [6, 6.07) is 9.71. The van der Waals surface area contributed by atoms with Gasteiger partial charge in [0.2, 0.25) is 0 Å². The van der Waals surface area contributed by atoms with Gasteiger partial charge in [0.05, 0.1) is 0 Å².